The van der Waals surface area contributed by atoms with Crippen LogP contribution in [0.15, 0.2) is 72.8 Å². The van der Waals surface area contributed by atoms with Crippen molar-refractivity contribution in [2.24, 2.45) is 0 Å². The zero-order valence-corrected chi connectivity index (χ0v) is 14.4. The van der Waals surface area contributed by atoms with Crippen molar-refractivity contribution in [3.05, 3.63) is 72.8 Å². The van der Waals surface area contributed by atoms with Crippen LogP contribution in [0.25, 0.3) is 0 Å². The standard InChI is InChI=1S/C21H17NO5/c23-21(27-18-10-11-19-20(12-18)26-14-25-19)13-24-17-8-6-16(7-9-17)22-15-4-2-1-3-5-15/h1-12,22H,13-14H2. The molecular formula is C21H17NO5. The van der Waals surface area contributed by atoms with Gasteiger partial charge in [-0.15, -0.1) is 0 Å². The average molecular weight is 363 g/mol. The SMILES string of the molecule is O=C(COc1ccc(Nc2ccccc2)cc1)Oc1ccc2c(c1)OCO2. The first-order chi connectivity index (χ1) is 13.3. The van der Waals surface area contributed by atoms with Crippen LogP contribution in [0.5, 0.6) is 23.0 Å². The highest BCUT2D eigenvalue weighted by Crippen LogP contribution is 2.35. The lowest BCUT2D eigenvalue weighted by Gasteiger charge is -2.09. The minimum absolute atomic E-state index is 0.172. The maximum Gasteiger partial charge on any atom is 0.349 e. The fourth-order valence-electron chi connectivity index (χ4n) is 2.57. The van der Waals surface area contributed by atoms with Gasteiger partial charge in [-0.2, -0.15) is 0 Å². The van der Waals surface area contributed by atoms with E-state index in [9.17, 15) is 4.79 Å². The lowest BCUT2D eigenvalue weighted by atomic mass is 10.2. The summed E-state index contributed by atoms with van der Waals surface area (Å²) in [5.74, 6) is 1.66. The third-order valence-electron chi connectivity index (χ3n) is 3.85. The molecule has 0 aliphatic carbocycles. The van der Waals surface area contributed by atoms with Crippen LogP contribution >= 0.6 is 0 Å². The van der Waals surface area contributed by atoms with E-state index in [0.29, 0.717) is 23.0 Å². The molecule has 0 radical (unpaired) electrons. The van der Waals surface area contributed by atoms with Gasteiger partial charge in [0.05, 0.1) is 0 Å². The number of rotatable bonds is 6. The van der Waals surface area contributed by atoms with E-state index >= 15 is 0 Å². The first kappa shape index (κ1) is 16.8. The fourth-order valence-corrected chi connectivity index (χ4v) is 2.57. The second kappa shape index (κ2) is 7.70. The maximum atomic E-state index is 12.0. The third-order valence-corrected chi connectivity index (χ3v) is 3.85. The summed E-state index contributed by atoms with van der Waals surface area (Å²) in [6.45, 7) is -0.0229. The van der Waals surface area contributed by atoms with E-state index in [1.807, 2.05) is 42.5 Å². The van der Waals surface area contributed by atoms with Crippen LogP contribution in [0, 0.1) is 0 Å². The van der Waals surface area contributed by atoms with Crippen molar-refractivity contribution in [2.45, 2.75) is 0 Å². The zero-order chi connectivity index (χ0) is 18.5. The maximum absolute atomic E-state index is 12.0. The molecule has 1 aliphatic rings. The minimum atomic E-state index is -0.500. The Bertz CT molecular complexity index is 925. The quantitative estimate of drug-likeness (QED) is 0.524. The second-order valence-electron chi connectivity index (χ2n) is 5.79. The number of carbonyl (C=O) groups excluding carboxylic acids is 1. The Hall–Kier alpha value is -3.67. The summed E-state index contributed by atoms with van der Waals surface area (Å²) >= 11 is 0. The van der Waals surface area contributed by atoms with Crippen LogP contribution in [0.2, 0.25) is 0 Å². The van der Waals surface area contributed by atoms with Crippen molar-refractivity contribution < 1.29 is 23.7 Å². The van der Waals surface area contributed by atoms with Crippen LogP contribution in [0.4, 0.5) is 11.4 Å². The number of anilines is 2. The van der Waals surface area contributed by atoms with E-state index in [4.69, 9.17) is 18.9 Å². The largest absolute Gasteiger partial charge is 0.482 e. The topological polar surface area (TPSA) is 66.0 Å². The molecule has 0 unspecified atom stereocenters. The molecule has 6 heteroatoms. The van der Waals surface area contributed by atoms with Crippen molar-refractivity contribution in [1.29, 1.82) is 0 Å². The Morgan fingerprint density at radius 2 is 1.56 bits per heavy atom. The highest BCUT2D eigenvalue weighted by atomic mass is 16.7. The Morgan fingerprint density at radius 1 is 0.852 bits per heavy atom. The molecule has 6 nitrogen and oxygen atoms in total. The normalized spacial score (nSPS) is 11.7. The number of fused-ring (bicyclic) bond motifs is 1. The van der Waals surface area contributed by atoms with Gasteiger partial charge in [0.15, 0.2) is 18.1 Å². The van der Waals surface area contributed by atoms with Gasteiger partial charge >= 0.3 is 5.97 Å². The Balaban J connectivity index is 1.28. The molecule has 0 saturated carbocycles. The van der Waals surface area contributed by atoms with Crippen molar-refractivity contribution >= 4 is 17.3 Å². The molecule has 1 heterocycles. The molecule has 0 aromatic heterocycles. The van der Waals surface area contributed by atoms with E-state index in [1.165, 1.54) is 0 Å². The van der Waals surface area contributed by atoms with Gasteiger partial charge in [-0.1, -0.05) is 18.2 Å². The number of ether oxygens (including phenoxy) is 4. The smallest absolute Gasteiger partial charge is 0.349 e. The molecule has 3 aromatic rings. The number of carbonyl (C=O) groups is 1. The Morgan fingerprint density at radius 3 is 2.37 bits per heavy atom. The molecule has 3 aromatic carbocycles. The van der Waals surface area contributed by atoms with E-state index in [0.717, 1.165) is 11.4 Å². The molecule has 0 spiro atoms. The molecular weight excluding hydrogens is 346 g/mol. The highest BCUT2D eigenvalue weighted by molar-refractivity contribution is 5.74. The number of esters is 1. The van der Waals surface area contributed by atoms with E-state index in [1.54, 1.807) is 30.3 Å². The lowest BCUT2D eigenvalue weighted by molar-refractivity contribution is -0.136. The minimum Gasteiger partial charge on any atom is -0.482 e. The predicted molar refractivity (Wildman–Crippen MR) is 99.9 cm³/mol. The van der Waals surface area contributed by atoms with E-state index in [2.05, 4.69) is 5.32 Å². The van der Waals surface area contributed by atoms with E-state index < -0.39 is 5.97 Å². The summed E-state index contributed by atoms with van der Waals surface area (Å²) in [4.78, 5) is 12.0. The number of benzene rings is 3. The summed E-state index contributed by atoms with van der Waals surface area (Å²) in [5.41, 5.74) is 1.93. The lowest BCUT2D eigenvalue weighted by Crippen LogP contribution is -2.17. The van der Waals surface area contributed by atoms with Crippen molar-refractivity contribution in [2.75, 3.05) is 18.7 Å². The molecule has 0 amide bonds. The summed E-state index contributed by atoms with van der Waals surface area (Å²) < 4.78 is 21.2. The first-order valence-corrected chi connectivity index (χ1v) is 8.41. The first-order valence-electron chi connectivity index (χ1n) is 8.41. The molecule has 1 aliphatic heterocycles. The third kappa shape index (κ3) is 4.30. The molecule has 1 N–H and O–H groups in total. The van der Waals surface area contributed by atoms with Gasteiger partial charge in [0, 0.05) is 17.4 Å². The predicted octanol–water partition coefficient (Wildman–Crippen LogP) is 4.14. The molecule has 27 heavy (non-hydrogen) atoms. The van der Waals surface area contributed by atoms with Crippen molar-refractivity contribution in [3.8, 4) is 23.0 Å². The molecule has 136 valence electrons. The van der Waals surface area contributed by atoms with Crippen LogP contribution < -0.4 is 24.3 Å². The van der Waals surface area contributed by atoms with Crippen molar-refractivity contribution in [3.63, 3.8) is 0 Å². The molecule has 0 atom stereocenters. The molecule has 0 saturated heterocycles. The zero-order valence-electron chi connectivity index (χ0n) is 14.4. The van der Waals surface area contributed by atoms with Crippen LogP contribution in [0.3, 0.4) is 0 Å². The van der Waals surface area contributed by atoms with Crippen LogP contribution in [-0.2, 0) is 4.79 Å². The Kier molecular flexibility index (Phi) is 4.78. The van der Waals surface area contributed by atoms with Crippen molar-refractivity contribution in [1.82, 2.24) is 0 Å². The molecule has 0 fully saturated rings. The number of nitrogens with one attached hydrogen (secondary N) is 1. The number of hydrogen-bond donors (Lipinski definition) is 1. The number of para-hydroxylation sites is 1. The summed E-state index contributed by atoms with van der Waals surface area (Å²) in [7, 11) is 0. The molecule has 4 rings (SSSR count). The van der Waals surface area contributed by atoms with Crippen LogP contribution in [0.1, 0.15) is 0 Å². The van der Waals surface area contributed by atoms with Gasteiger partial charge < -0.3 is 24.3 Å². The van der Waals surface area contributed by atoms with Gasteiger partial charge in [0.25, 0.3) is 0 Å². The Labute approximate surface area is 156 Å². The second-order valence-corrected chi connectivity index (χ2v) is 5.79. The summed E-state index contributed by atoms with van der Waals surface area (Å²) in [5, 5.41) is 3.28. The van der Waals surface area contributed by atoms with E-state index in [-0.39, 0.29) is 13.4 Å². The fraction of sp³-hybridized carbons (Fsp3) is 0.0952. The number of hydrogen-bond acceptors (Lipinski definition) is 6. The summed E-state index contributed by atoms with van der Waals surface area (Å²) in [6.07, 6.45) is 0. The van der Waals surface area contributed by atoms with Gasteiger partial charge in [-0.3, -0.25) is 0 Å². The molecule has 0 bridgehead atoms. The van der Waals surface area contributed by atoms with Gasteiger partial charge in [-0.25, -0.2) is 4.79 Å². The monoisotopic (exact) mass is 363 g/mol. The highest BCUT2D eigenvalue weighted by Gasteiger charge is 2.15. The average Bonchev–Trinajstić information content (AvgIpc) is 3.16. The van der Waals surface area contributed by atoms with Crippen LogP contribution in [-0.4, -0.2) is 19.4 Å². The summed E-state index contributed by atoms with van der Waals surface area (Å²) in [6, 6.07) is 22.2. The van der Waals surface area contributed by atoms with Gasteiger partial charge in [0.1, 0.15) is 11.5 Å². The van der Waals surface area contributed by atoms with Gasteiger partial charge in [0.2, 0.25) is 6.79 Å². The van der Waals surface area contributed by atoms with Gasteiger partial charge in [-0.05, 0) is 48.5 Å².